The molecular weight excluding hydrogens is 90.1 g/mol. The summed E-state index contributed by atoms with van der Waals surface area (Å²) in [5.74, 6) is 0. The molecule has 40 valence electrons. The van der Waals surface area contributed by atoms with E-state index in [4.69, 9.17) is 0 Å². The van der Waals surface area contributed by atoms with Crippen molar-refractivity contribution in [2.75, 3.05) is 6.54 Å². The first kappa shape index (κ1) is 4.62. The van der Waals surface area contributed by atoms with Gasteiger partial charge in [0.15, 0.2) is 12.8 Å². The molecule has 0 fully saturated rings. The molecule has 0 aromatic rings. The minimum absolute atomic E-state index is 0.708. The van der Waals surface area contributed by atoms with Gasteiger partial charge in [-0.15, -0.1) is 0 Å². The third kappa shape index (κ3) is 1.18. The lowest BCUT2D eigenvalue weighted by atomic mass is 10.2. The van der Waals surface area contributed by atoms with Crippen molar-refractivity contribution in [1.82, 2.24) is 0 Å². The van der Waals surface area contributed by atoms with E-state index in [0.29, 0.717) is 6.54 Å². The lowest BCUT2D eigenvalue weighted by Crippen LogP contribution is -2.11. The van der Waals surface area contributed by atoms with Crippen molar-refractivity contribution in [2.24, 2.45) is 0 Å². The van der Waals surface area contributed by atoms with Crippen molar-refractivity contribution in [2.45, 2.75) is 19.3 Å². The van der Waals surface area contributed by atoms with Crippen LogP contribution in [-0.4, -0.2) is 17.5 Å². The van der Waals surface area contributed by atoms with Crippen LogP contribution in [0.25, 0.3) is 0 Å². The molecule has 0 saturated heterocycles. The first-order valence-electron chi connectivity index (χ1n) is 2.67. The zero-order valence-corrected chi connectivity index (χ0v) is 4.26. The summed E-state index contributed by atoms with van der Waals surface area (Å²) in [5.41, 5.74) is 0. The van der Waals surface area contributed by atoms with E-state index in [1.54, 1.807) is 6.21 Å². The van der Waals surface area contributed by atoms with Crippen LogP contribution in [0.15, 0.2) is 0 Å². The van der Waals surface area contributed by atoms with Gasteiger partial charge in [-0.05, 0) is 6.42 Å². The van der Waals surface area contributed by atoms with Gasteiger partial charge in [-0.25, -0.2) is 4.74 Å². The van der Waals surface area contributed by atoms with Gasteiger partial charge >= 0.3 is 0 Å². The van der Waals surface area contributed by atoms with Gasteiger partial charge in [-0.1, -0.05) is 0 Å². The highest BCUT2D eigenvalue weighted by atomic mass is 16.5. The van der Waals surface area contributed by atoms with Crippen molar-refractivity contribution < 1.29 is 4.74 Å². The molecule has 0 aromatic heterocycles. The van der Waals surface area contributed by atoms with Crippen LogP contribution in [0.1, 0.15) is 19.3 Å². The van der Waals surface area contributed by atoms with Crippen LogP contribution in [-0.2, 0) is 0 Å². The average molecular weight is 99.1 g/mol. The topological polar surface area (TPSA) is 26.1 Å². The highest BCUT2D eigenvalue weighted by Gasteiger charge is 1.99. The van der Waals surface area contributed by atoms with Crippen LogP contribution in [0.2, 0.25) is 0 Å². The van der Waals surface area contributed by atoms with Gasteiger partial charge in [0.2, 0.25) is 0 Å². The molecular formula is C5H9NO. The fraction of sp³-hybridized carbons (Fsp3) is 0.800. The van der Waals surface area contributed by atoms with Crippen LogP contribution < -0.4 is 0 Å². The molecule has 0 N–H and O–H groups in total. The van der Waals surface area contributed by atoms with E-state index >= 15 is 0 Å². The first-order chi connectivity index (χ1) is 3.39. The smallest absolute Gasteiger partial charge is 0.153 e. The molecule has 1 aliphatic rings. The molecule has 7 heavy (non-hydrogen) atoms. The Balaban J connectivity index is 2.40. The number of hydrogen-bond acceptors (Lipinski definition) is 1. The first-order valence-corrected chi connectivity index (χ1v) is 2.67. The SMILES string of the molecule is [O-][N+]1=CCCCC1. The lowest BCUT2D eigenvalue weighted by molar-refractivity contribution is -0.458. The van der Waals surface area contributed by atoms with E-state index in [-0.39, 0.29) is 0 Å². The Morgan fingerprint density at radius 2 is 2.29 bits per heavy atom. The normalized spacial score (nSPS) is 21.4. The standard InChI is InChI=1S/C5H9NO/c7-6-4-2-1-3-5-6/h4H,1-3,5H2. The van der Waals surface area contributed by atoms with Gasteiger partial charge in [-0.3, -0.25) is 0 Å². The van der Waals surface area contributed by atoms with Crippen LogP contribution in [0, 0.1) is 5.21 Å². The molecule has 0 atom stereocenters. The molecule has 0 spiro atoms. The van der Waals surface area contributed by atoms with Crippen LogP contribution in [0.3, 0.4) is 0 Å². The van der Waals surface area contributed by atoms with Crippen molar-refractivity contribution in [3.05, 3.63) is 5.21 Å². The Morgan fingerprint density at radius 3 is 2.57 bits per heavy atom. The van der Waals surface area contributed by atoms with Gasteiger partial charge in [0, 0.05) is 12.8 Å². The van der Waals surface area contributed by atoms with Crippen LogP contribution in [0.5, 0.6) is 0 Å². The number of rotatable bonds is 0. The second-order valence-electron chi connectivity index (χ2n) is 1.82. The predicted octanol–water partition coefficient (Wildman–Crippen LogP) is 0.751. The minimum atomic E-state index is 0.708. The number of nitrogens with zero attached hydrogens (tertiary/aromatic N) is 1. The molecule has 0 saturated carbocycles. The van der Waals surface area contributed by atoms with E-state index in [1.165, 1.54) is 6.42 Å². The summed E-state index contributed by atoms with van der Waals surface area (Å²) in [6.45, 7) is 0.708. The van der Waals surface area contributed by atoms with Gasteiger partial charge in [0.1, 0.15) is 0 Å². The van der Waals surface area contributed by atoms with Crippen LogP contribution in [0.4, 0.5) is 0 Å². The van der Waals surface area contributed by atoms with Gasteiger partial charge in [0.25, 0.3) is 0 Å². The fourth-order valence-corrected chi connectivity index (χ4v) is 0.739. The molecule has 0 bridgehead atoms. The third-order valence-corrected chi connectivity index (χ3v) is 1.17. The molecule has 2 heteroatoms. The van der Waals surface area contributed by atoms with E-state index in [0.717, 1.165) is 17.6 Å². The quantitative estimate of drug-likeness (QED) is 0.325. The van der Waals surface area contributed by atoms with Crippen molar-refractivity contribution in [3.63, 3.8) is 0 Å². The molecule has 0 radical (unpaired) electrons. The molecule has 1 aliphatic heterocycles. The molecule has 0 aromatic carbocycles. The molecule has 0 amide bonds. The highest BCUT2D eigenvalue weighted by molar-refractivity contribution is 5.51. The maximum atomic E-state index is 10.3. The lowest BCUT2D eigenvalue weighted by Gasteiger charge is -2.06. The monoisotopic (exact) mass is 99.1 g/mol. The van der Waals surface area contributed by atoms with Gasteiger partial charge in [-0.2, -0.15) is 0 Å². The molecule has 0 unspecified atom stereocenters. The summed E-state index contributed by atoms with van der Waals surface area (Å²) in [5, 5.41) is 10.3. The van der Waals surface area contributed by atoms with Crippen molar-refractivity contribution >= 4 is 6.21 Å². The summed E-state index contributed by atoms with van der Waals surface area (Å²) in [7, 11) is 0. The van der Waals surface area contributed by atoms with Gasteiger partial charge < -0.3 is 5.21 Å². The molecule has 1 rings (SSSR count). The summed E-state index contributed by atoms with van der Waals surface area (Å²) in [6.07, 6.45) is 4.95. The van der Waals surface area contributed by atoms with E-state index < -0.39 is 0 Å². The van der Waals surface area contributed by atoms with Gasteiger partial charge in [0.05, 0.1) is 0 Å². The summed E-state index contributed by atoms with van der Waals surface area (Å²) >= 11 is 0. The number of hydrogen-bond donors (Lipinski definition) is 0. The Morgan fingerprint density at radius 1 is 1.43 bits per heavy atom. The molecule has 1 heterocycles. The second kappa shape index (κ2) is 1.96. The Hall–Kier alpha value is -0.530. The summed E-state index contributed by atoms with van der Waals surface area (Å²) < 4.78 is 1.02. The summed E-state index contributed by atoms with van der Waals surface area (Å²) in [4.78, 5) is 0. The Kier molecular flexibility index (Phi) is 1.29. The van der Waals surface area contributed by atoms with E-state index in [9.17, 15) is 5.21 Å². The molecule has 0 aliphatic carbocycles. The Labute approximate surface area is 43.0 Å². The zero-order valence-electron chi connectivity index (χ0n) is 4.26. The second-order valence-corrected chi connectivity index (χ2v) is 1.82. The predicted molar refractivity (Wildman–Crippen MR) is 28.4 cm³/mol. The van der Waals surface area contributed by atoms with Crippen molar-refractivity contribution in [3.8, 4) is 0 Å². The van der Waals surface area contributed by atoms with Crippen LogP contribution >= 0.6 is 0 Å². The van der Waals surface area contributed by atoms with E-state index in [1.807, 2.05) is 0 Å². The largest absolute Gasteiger partial charge is 0.624 e. The highest BCUT2D eigenvalue weighted by Crippen LogP contribution is 1.97. The zero-order chi connectivity index (χ0) is 5.11. The average Bonchev–Trinajstić information content (AvgIpc) is 1.69. The maximum absolute atomic E-state index is 10.3. The third-order valence-electron chi connectivity index (χ3n) is 1.17. The number of hydroxylamine groups is 1. The Bertz CT molecular complexity index is 88.1. The van der Waals surface area contributed by atoms with E-state index in [2.05, 4.69) is 0 Å². The summed E-state index contributed by atoms with van der Waals surface area (Å²) in [6, 6.07) is 0. The molecule has 2 nitrogen and oxygen atoms in total. The maximum Gasteiger partial charge on any atom is 0.153 e. The fourth-order valence-electron chi connectivity index (χ4n) is 0.739. The minimum Gasteiger partial charge on any atom is -0.624 e. The van der Waals surface area contributed by atoms with Crippen molar-refractivity contribution in [1.29, 1.82) is 0 Å².